The number of rotatable bonds is 9. The number of nitrogens with zero attached hydrogens (tertiary/aromatic N) is 1. The predicted molar refractivity (Wildman–Crippen MR) is 128 cm³/mol. The quantitative estimate of drug-likeness (QED) is 0.449. The molecule has 2 N–H and O–H groups in total. The van der Waals surface area contributed by atoms with Crippen molar-refractivity contribution < 1.29 is 9.47 Å². The Labute approximate surface area is 190 Å². The number of guanidine groups is 1. The molecule has 6 heteroatoms. The Morgan fingerprint density at radius 3 is 2.58 bits per heavy atom. The summed E-state index contributed by atoms with van der Waals surface area (Å²) in [6, 6.07) is 19.3. The van der Waals surface area contributed by atoms with Gasteiger partial charge in [-0.25, -0.2) is 0 Å². The van der Waals surface area contributed by atoms with E-state index >= 15 is 0 Å². The summed E-state index contributed by atoms with van der Waals surface area (Å²) in [7, 11) is 1.83. The predicted octanol–water partition coefficient (Wildman–Crippen LogP) is 4.37. The lowest BCUT2D eigenvalue weighted by Gasteiger charge is -2.22. The Hall–Kier alpha value is -2.02. The third-order valence-corrected chi connectivity index (χ3v) is 7.29. The van der Waals surface area contributed by atoms with E-state index in [0.29, 0.717) is 17.5 Å². The van der Waals surface area contributed by atoms with Gasteiger partial charge in [-0.2, -0.15) is 0 Å². The van der Waals surface area contributed by atoms with E-state index in [1.165, 1.54) is 28.9 Å². The first-order valence-electron chi connectivity index (χ1n) is 11.2. The zero-order valence-corrected chi connectivity index (χ0v) is 19.1. The van der Waals surface area contributed by atoms with Crippen LogP contribution in [-0.4, -0.2) is 43.6 Å². The van der Waals surface area contributed by atoms with E-state index in [1.807, 2.05) is 18.8 Å². The van der Waals surface area contributed by atoms with Crippen LogP contribution in [0.1, 0.15) is 36.8 Å². The first kappa shape index (κ1) is 22.2. The molecule has 1 saturated carbocycles. The molecular formula is C25H33N3O2S. The van der Waals surface area contributed by atoms with Gasteiger partial charge in [-0.1, -0.05) is 42.5 Å². The molecule has 166 valence electrons. The summed E-state index contributed by atoms with van der Waals surface area (Å²) in [6.45, 7) is 3.94. The Morgan fingerprint density at radius 2 is 1.84 bits per heavy atom. The van der Waals surface area contributed by atoms with Gasteiger partial charge < -0.3 is 20.1 Å². The van der Waals surface area contributed by atoms with Crippen molar-refractivity contribution in [1.82, 2.24) is 10.6 Å². The lowest BCUT2D eigenvalue weighted by Crippen LogP contribution is -2.40. The second kappa shape index (κ2) is 11.0. The van der Waals surface area contributed by atoms with E-state index in [-0.39, 0.29) is 0 Å². The average molecular weight is 440 g/mol. The van der Waals surface area contributed by atoms with Gasteiger partial charge in [0.25, 0.3) is 0 Å². The van der Waals surface area contributed by atoms with Gasteiger partial charge in [0, 0.05) is 43.0 Å². The molecule has 0 atom stereocenters. The number of aliphatic imine (C=N–C) groups is 1. The van der Waals surface area contributed by atoms with Gasteiger partial charge in [-0.05, 0) is 48.9 Å². The Kier molecular flexibility index (Phi) is 7.89. The maximum Gasteiger partial charge on any atom is 0.191 e. The minimum absolute atomic E-state index is 0.292. The van der Waals surface area contributed by atoms with Crippen molar-refractivity contribution in [3.05, 3.63) is 65.7 Å². The van der Waals surface area contributed by atoms with Crippen molar-refractivity contribution in [1.29, 1.82) is 0 Å². The molecule has 2 aromatic carbocycles. The van der Waals surface area contributed by atoms with E-state index in [9.17, 15) is 0 Å². The number of benzene rings is 2. The summed E-state index contributed by atoms with van der Waals surface area (Å²) in [6.07, 6.45) is 4.79. The molecule has 0 aromatic heterocycles. The molecule has 4 rings (SSSR count). The van der Waals surface area contributed by atoms with Gasteiger partial charge in [0.1, 0.15) is 0 Å². The third kappa shape index (κ3) is 6.99. The first-order valence-corrected chi connectivity index (χ1v) is 12.0. The fourth-order valence-corrected chi connectivity index (χ4v) is 4.97. The molecule has 1 saturated heterocycles. The SMILES string of the molecule is CN=C(NCc1cccc(COC2CCOCC2)c1)NCC1(Sc2ccccc2)CC1. The highest BCUT2D eigenvalue weighted by Crippen LogP contribution is 2.51. The van der Waals surface area contributed by atoms with Crippen LogP contribution in [0.5, 0.6) is 0 Å². The minimum Gasteiger partial charge on any atom is -0.381 e. The van der Waals surface area contributed by atoms with Crippen molar-refractivity contribution in [3.63, 3.8) is 0 Å². The molecule has 2 aromatic rings. The van der Waals surface area contributed by atoms with Crippen molar-refractivity contribution >= 4 is 17.7 Å². The zero-order valence-electron chi connectivity index (χ0n) is 18.3. The Bertz CT molecular complexity index is 849. The molecule has 2 aliphatic rings. The molecule has 2 fully saturated rings. The van der Waals surface area contributed by atoms with Crippen LogP contribution in [0.25, 0.3) is 0 Å². The molecule has 0 unspecified atom stereocenters. The Balaban J connectivity index is 1.22. The van der Waals surface area contributed by atoms with Crippen LogP contribution in [0, 0.1) is 0 Å². The molecule has 0 bridgehead atoms. The molecule has 1 aliphatic heterocycles. The number of thioether (sulfide) groups is 1. The molecule has 5 nitrogen and oxygen atoms in total. The maximum atomic E-state index is 6.06. The number of ether oxygens (including phenoxy) is 2. The van der Waals surface area contributed by atoms with E-state index in [2.05, 4.69) is 70.2 Å². The topological polar surface area (TPSA) is 54.9 Å². The highest BCUT2D eigenvalue weighted by atomic mass is 32.2. The molecule has 1 aliphatic carbocycles. The normalized spacial score (nSPS) is 18.5. The van der Waals surface area contributed by atoms with Crippen LogP contribution in [-0.2, 0) is 22.6 Å². The lowest BCUT2D eigenvalue weighted by atomic mass is 10.1. The van der Waals surface area contributed by atoms with Crippen molar-refractivity contribution in [2.75, 3.05) is 26.8 Å². The van der Waals surface area contributed by atoms with Gasteiger partial charge in [0.15, 0.2) is 5.96 Å². The lowest BCUT2D eigenvalue weighted by molar-refractivity contribution is -0.0390. The molecule has 0 spiro atoms. The van der Waals surface area contributed by atoms with E-state index in [1.54, 1.807) is 0 Å². The van der Waals surface area contributed by atoms with Crippen molar-refractivity contribution in [2.24, 2.45) is 4.99 Å². The van der Waals surface area contributed by atoms with E-state index < -0.39 is 0 Å². The molecule has 31 heavy (non-hydrogen) atoms. The van der Waals surface area contributed by atoms with Crippen LogP contribution in [0.4, 0.5) is 0 Å². The smallest absolute Gasteiger partial charge is 0.191 e. The number of hydrogen-bond donors (Lipinski definition) is 2. The van der Waals surface area contributed by atoms with Crippen LogP contribution in [0.2, 0.25) is 0 Å². The Morgan fingerprint density at radius 1 is 1.06 bits per heavy atom. The van der Waals surface area contributed by atoms with Gasteiger partial charge in [-0.3, -0.25) is 4.99 Å². The number of nitrogens with one attached hydrogen (secondary N) is 2. The molecular weight excluding hydrogens is 406 g/mol. The summed E-state index contributed by atoms with van der Waals surface area (Å²) in [5.41, 5.74) is 2.45. The van der Waals surface area contributed by atoms with Gasteiger partial charge >= 0.3 is 0 Å². The summed E-state index contributed by atoms with van der Waals surface area (Å²) in [4.78, 5) is 5.75. The highest BCUT2D eigenvalue weighted by Gasteiger charge is 2.43. The minimum atomic E-state index is 0.292. The van der Waals surface area contributed by atoms with Crippen LogP contribution in [0.3, 0.4) is 0 Å². The van der Waals surface area contributed by atoms with Crippen molar-refractivity contribution in [3.8, 4) is 0 Å². The van der Waals surface area contributed by atoms with Gasteiger partial charge in [0.05, 0.1) is 12.7 Å². The van der Waals surface area contributed by atoms with Gasteiger partial charge in [-0.15, -0.1) is 11.8 Å². The van der Waals surface area contributed by atoms with Crippen LogP contribution < -0.4 is 10.6 Å². The molecule has 1 heterocycles. The maximum absolute atomic E-state index is 6.06. The highest BCUT2D eigenvalue weighted by molar-refractivity contribution is 8.01. The monoisotopic (exact) mass is 439 g/mol. The molecule has 0 amide bonds. The zero-order chi connectivity index (χ0) is 21.4. The van der Waals surface area contributed by atoms with Crippen molar-refractivity contribution in [2.45, 2.75) is 54.6 Å². The van der Waals surface area contributed by atoms with E-state index in [0.717, 1.165) is 45.1 Å². The second-order valence-electron chi connectivity index (χ2n) is 8.32. The summed E-state index contributed by atoms with van der Waals surface area (Å²) in [5.74, 6) is 0.851. The molecule has 0 radical (unpaired) electrons. The van der Waals surface area contributed by atoms with Crippen LogP contribution >= 0.6 is 11.8 Å². The standard InChI is InChI=1S/C25H33N3O2S/c1-26-24(28-19-25(12-13-25)31-23-8-3-2-4-9-23)27-17-20-6-5-7-21(16-20)18-30-22-10-14-29-15-11-22/h2-9,16,22H,10-15,17-19H2,1H3,(H2,26,27,28). The fraction of sp³-hybridized carbons (Fsp3) is 0.480. The fourth-order valence-electron chi connectivity index (χ4n) is 3.73. The van der Waals surface area contributed by atoms with E-state index in [4.69, 9.17) is 9.47 Å². The largest absolute Gasteiger partial charge is 0.381 e. The summed E-state index contributed by atoms with van der Waals surface area (Å²) < 4.78 is 11.8. The number of hydrogen-bond acceptors (Lipinski definition) is 4. The summed E-state index contributed by atoms with van der Waals surface area (Å²) in [5, 5.41) is 6.98. The first-order chi connectivity index (χ1) is 15.2. The second-order valence-corrected chi connectivity index (χ2v) is 9.86. The van der Waals surface area contributed by atoms with Gasteiger partial charge in [0.2, 0.25) is 0 Å². The third-order valence-electron chi connectivity index (χ3n) is 5.79. The summed E-state index contributed by atoms with van der Waals surface area (Å²) >= 11 is 1.98. The average Bonchev–Trinajstić information content (AvgIpc) is 3.59. The van der Waals surface area contributed by atoms with Crippen LogP contribution in [0.15, 0.2) is 64.5 Å².